The van der Waals surface area contributed by atoms with Gasteiger partial charge in [0.25, 0.3) is 0 Å². The number of anilines is 1. The van der Waals surface area contributed by atoms with Crippen molar-refractivity contribution in [2.45, 2.75) is 38.5 Å². The molecule has 0 spiro atoms. The van der Waals surface area contributed by atoms with Crippen LogP contribution >= 0.6 is 11.8 Å². The fourth-order valence-electron chi connectivity index (χ4n) is 2.18. The number of nitrogens with zero attached hydrogens (tertiary/aromatic N) is 2. The number of benzene rings is 1. The highest BCUT2D eigenvalue weighted by Crippen LogP contribution is 2.35. The van der Waals surface area contributed by atoms with Crippen molar-refractivity contribution < 1.29 is 9.63 Å². The average molecular weight is 306 g/mol. The summed E-state index contributed by atoms with van der Waals surface area (Å²) in [6.45, 7) is 7.39. The summed E-state index contributed by atoms with van der Waals surface area (Å²) in [7, 11) is 0. The Morgan fingerprint density at radius 2 is 2.24 bits per heavy atom. The van der Waals surface area contributed by atoms with E-state index >= 15 is 0 Å². The Hall–Kier alpha value is -1.49. The summed E-state index contributed by atoms with van der Waals surface area (Å²) < 4.78 is 0. The van der Waals surface area contributed by atoms with Gasteiger partial charge in [0.1, 0.15) is 6.61 Å². The Morgan fingerprint density at radius 3 is 2.95 bits per heavy atom. The lowest BCUT2D eigenvalue weighted by molar-refractivity contribution is -0.116. The first-order valence-corrected chi connectivity index (χ1v) is 8.40. The van der Waals surface area contributed by atoms with E-state index < -0.39 is 0 Å². The van der Waals surface area contributed by atoms with Crippen LogP contribution in [0.5, 0.6) is 0 Å². The lowest BCUT2D eigenvalue weighted by Crippen LogP contribution is -2.35. The first-order valence-electron chi connectivity index (χ1n) is 7.41. The maximum Gasteiger partial charge on any atom is 0.237 e. The minimum atomic E-state index is 0.168. The minimum Gasteiger partial charge on any atom is -0.396 e. The highest BCUT2D eigenvalue weighted by Gasteiger charge is 2.23. The van der Waals surface area contributed by atoms with E-state index in [4.69, 9.17) is 4.84 Å². The number of hydrogen-bond acceptors (Lipinski definition) is 4. The SMILES string of the molecule is CCCCO/N=C(/C)c1ccc2c(c1)N(CC)C(=O)CS2. The number of carbonyl (C=O) groups is 1. The van der Waals surface area contributed by atoms with Gasteiger partial charge in [-0.25, -0.2) is 0 Å². The van der Waals surface area contributed by atoms with E-state index in [9.17, 15) is 4.79 Å². The zero-order chi connectivity index (χ0) is 15.2. The van der Waals surface area contributed by atoms with Crippen molar-refractivity contribution in [3.8, 4) is 0 Å². The number of oxime groups is 1. The van der Waals surface area contributed by atoms with Crippen molar-refractivity contribution in [2.24, 2.45) is 5.16 Å². The molecule has 0 saturated carbocycles. The molecule has 0 radical (unpaired) electrons. The predicted octanol–water partition coefficient (Wildman–Crippen LogP) is 3.69. The lowest BCUT2D eigenvalue weighted by atomic mass is 10.1. The highest BCUT2D eigenvalue weighted by atomic mass is 32.2. The van der Waals surface area contributed by atoms with Crippen LogP contribution in [0.15, 0.2) is 28.3 Å². The number of amides is 1. The Kier molecular flexibility index (Phi) is 5.67. The summed E-state index contributed by atoms with van der Waals surface area (Å²) in [5, 5.41) is 4.16. The maximum atomic E-state index is 12.0. The van der Waals surface area contributed by atoms with E-state index in [1.165, 1.54) is 0 Å². The molecule has 1 aromatic rings. The maximum absolute atomic E-state index is 12.0. The molecule has 21 heavy (non-hydrogen) atoms. The molecule has 1 aliphatic heterocycles. The van der Waals surface area contributed by atoms with Crippen LogP contribution in [0.2, 0.25) is 0 Å². The molecule has 5 heteroatoms. The van der Waals surface area contributed by atoms with E-state index in [2.05, 4.69) is 18.1 Å². The van der Waals surface area contributed by atoms with Crippen molar-refractivity contribution in [3.05, 3.63) is 23.8 Å². The third-order valence-corrected chi connectivity index (χ3v) is 4.47. The number of hydrogen-bond donors (Lipinski definition) is 0. The molecule has 0 fully saturated rings. The Labute approximate surface area is 130 Å². The van der Waals surface area contributed by atoms with E-state index in [1.807, 2.05) is 30.9 Å². The predicted molar refractivity (Wildman–Crippen MR) is 88.3 cm³/mol. The Morgan fingerprint density at radius 1 is 1.43 bits per heavy atom. The lowest BCUT2D eigenvalue weighted by Gasteiger charge is -2.28. The van der Waals surface area contributed by atoms with Crippen molar-refractivity contribution in [1.82, 2.24) is 0 Å². The van der Waals surface area contributed by atoms with Gasteiger partial charge in [0.05, 0.1) is 17.2 Å². The molecule has 1 amide bonds. The molecule has 4 nitrogen and oxygen atoms in total. The second-order valence-corrected chi connectivity index (χ2v) is 5.99. The van der Waals surface area contributed by atoms with Crippen LogP contribution in [0.3, 0.4) is 0 Å². The first kappa shape index (κ1) is 15.9. The monoisotopic (exact) mass is 306 g/mol. The van der Waals surface area contributed by atoms with Crippen LogP contribution in [0.4, 0.5) is 5.69 Å². The summed E-state index contributed by atoms with van der Waals surface area (Å²) in [5.41, 5.74) is 2.83. The summed E-state index contributed by atoms with van der Waals surface area (Å²) in [5.74, 6) is 0.689. The second-order valence-electron chi connectivity index (χ2n) is 4.97. The van der Waals surface area contributed by atoms with Gasteiger partial charge in [-0.15, -0.1) is 11.8 Å². The fourth-order valence-corrected chi connectivity index (χ4v) is 3.09. The second kappa shape index (κ2) is 7.50. The summed E-state index contributed by atoms with van der Waals surface area (Å²) in [6.07, 6.45) is 2.11. The smallest absolute Gasteiger partial charge is 0.237 e. The summed E-state index contributed by atoms with van der Waals surface area (Å²) >= 11 is 1.60. The van der Waals surface area contributed by atoms with Gasteiger partial charge in [-0.05, 0) is 32.4 Å². The molecule has 0 aromatic heterocycles. The summed E-state index contributed by atoms with van der Waals surface area (Å²) in [4.78, 5) is 20.3. The molecular formula is C16H22N2O2S. The minimum absolute atomic E-state index is 0.168. The topological polar surface area (TPSA) is 41.9 Å². The molecule has 1 heterocycles. The van der Waals surface area contributed by atoms with E-state index in [0.717, 1.165) is 34.7 Å². The highest BCUT2D eigenvalue weighted by molar-refractivity contribution is 8.00. The van der Waals surface area contributed by atoms with Crippen LogP contribution in [0.1, 0.15) is 39.2 Å². The number of unbranched alkanes of at least 4 members (excludes halogenated alkanes) is 1. The van der Waals surface area contributed by atoms with Gasteiger partial charge in [-0.1, -0.05) is 24.6 Å². The van der Waals surface area contributed by atoms with Gasteiger partial charge in [0, 0.05) is 17.0 Å². The van der Waals surface area contributed by atoms with Gasteiger partial charge < -0.3 is 9.74 Å². The van der Waals surface area contributed by atoms with E-state index in [1.54, 1.807) is 11.8 Å². The molecule has 114 valence electrons. The molecule has 0 bridgehead atoms. The normalized spacial score (nSPS) is 15.1. The Bertz CT molecular complexity index is 543. The van der Waals surface area contributed by atoms with E-state index in [-0.39, 0.29) is 5.91 Å². The molecule has 0 atom stereocenters. The quantitative estimate of drug-likeness (QED) is 0.457. The average Bonchev–Trinajstić information content (AvgIpc) is 2.50. The fraction of sp³-hybridized carbons (Fsp3) is 0.500. The molecule has 0 aliphatic carbocycles. The van der Waals surface area contributed by atoms with Gasteiger partial charge in [0.15, 0.2) is 0 Å². The van der Waals surface area contributed by atoms with Crippen molar-refractivity contribution >= 4 is 29.1 Å². The van der Waals surface area contributed by atoms with E-state index in [0.29, 0.717) is 18.9 Å². The van der Waals surface area contributed by atoms with Crippen molar-refractivity contribution in [2.75, 3.05) is 23.8 Å². The summed E-state index contributed by atoms with van der Waals surface area (Å²) in [6, 6.07) is 6.14. The Balaban J connectivity index is 2.19. The zero-order valence-corrected chi connectivity index (χ0v) is 13.7. The van der Waals surface area contributed by atoms with Crippen molar-refractivity contribution in [3.63, 3.8) is 0 Å². The molecule has 0 saturated heterocycles. The van der Waals surface area contributed by atoms with Crippen molar-refractivity contribution in [1.29, 1.82) is 0 Å². The van der Waals surface area contributed by atoms with Crippen LogP contribution in [-0.2, 0) is 9.63 Å². The number of rotatable bonds is 6. The third kappa shape index (κ3) is 3.79. The molecule has 1 aliphatic rings. The van der Waals surface area contributed by atoms with Crippen LogP contribution in [-0.4, -0.2) is 30.5 Å². The van der Waals surface area contributed by atoms with Crippen LogP contribution in [0, 0.1) is 0 Å². The molecule has 2 rings (SSSR count). The van der Waals surface area contributed by atoms with Gasteiger partial charge in [-0.3, -0.25) is 4.79 Å². The van der Waals surface area contributed by atoms with Gasteiger partial charge in [-0.2, -0.15) is 0 Å². The van der Waals surface area contributed by atoms with Gasteiger partial charge >= 0.3 is 0 Å². The number of fused-ring (bicyclic) bond motifs is 1. The molecular weight excluding hydrogens is 284 g/mol. The number of carbonyl (C=O) groups excluding carboxylic acids is 1. The number of thioether (sulfide) groups is 1. The molecule has 0 unspecified atom stereocenters. The standard InChI is InChI=1S/C16H22N2O2S/c1-4-6-9-20-17-12(3)13-7-8-15-14(10-13)18(5-2)16(19)11-21-15/h7-8,10H,4-6,9,11H2,1-3H3/b17-12-. The first-order chi connectivity index (χ1) is 10.2. The third-order valence-electron chi connectivity index (χ3n) is 3.43. The van der Waals surface area contributed by atoms with Crippen LogP contribution < -0.4 is 4.90 Å². The molecule has 1 aromatic carbocycles. The zero-order valence-electron chi connectivity index (χ0n) is 12.9. The van der Waals surface area contributed by atoms with Gasteiger partial charge in [0.2, 0.25) is 5.91 Å². The molecule has 0 N–H and O–H groups in total. The largest absolute Gasteiger partial charge is 0.396 e. The van der Waals surface area contributed by atoms with Crippen LogP contribution in [0.25, 0.3) is 0 Å².